The monoisotopic (exact) mass is 398 g/mol. The molecule has 1 N–H and O–H groups in total. The predicted octanol–water partition coefficient (Wildman–Crippen LogP) is 1.90. The van der Waals surface area contributed by atoms with Gasteiger partial charge in [0, 0.05) is 18.4 Å². The van der Waals surface area contributed by atoms with Crippen LogP contribution in [0, 0.1) is 0 Å². The molecule has 0 aliphatic heterocycles. The Balaban J connectivity index is 1.31. The second-order valence-electron chi connectivity index (χ2n) is 6.95. The Morgan fingerprint density at radius 2 is 1.90 bits per heavy atom. The van der Waals surface area contributed by atoms with Crippen LogP contribution in [0.3, 0.4) is 0 Å². The third-order valence-corrected chi connectivity index (χ3v) is 5.02. The average molecular weight is 398 g/mol. The molecule has 0 atom stereocenters. The van der Waals surface area contributed by atoms with Crippen molar-refractivity contribution >= 4 is 17.0 Å². The number of oxazole rings is 1. The van der Waals surface area contributed by atoms with Gasteiger partial charge in [0.05, 0.1) is 12.6 Å². The van der Waals surface area contributed by atoms with E-state index in [0.29, 0.717) is 22.9 Å². The normalized spacial score (nSPS) is 19.1. The first-order chi connectivity index (χ1) is 14.1. The molecular weight excluding hydrogens is 376 g/mol. The molecule has 1 fully saturated rings. The summed E-state index contributed by atoms with van der Waals surface area (Å²) in [6.07, 6.45) is 6.21. The number of benzene rings is 1. The highest BCUT2D eigenvalue weighted by molar-refractivity contribution is 5.79. The maximum Gasteiger partial charge on any atom is 0.420 e. The number of hydrogen-bond donors (Lipinski definition) is 1. The molecule has 2 heterocycles. The van der Waals surface area contributed by atoms with Crippen molar-refractivity contribution in [2.45, 2.75) is 44.4 Å². The number of ether oxygens (including phenoxy) is 2. The van der Waals surface area contributed by atoms with Crippen molar-refractivity contribution in [2.75, 3.05) is 7.11 Å². The van der Waals surface area contributed by atoms with Crippen molar-refractivity contribution in [2.24, 2.45) is 0 Å². The molecule has 29 heavy (non-hydrogen) atoms. The van der Waals surface area contributed by atoms with Crippen molar-refractivity contribution in [3.8, 4) is 11.8 Å². The smallest absolute Gasteiger partial charge is 0.420 e. The third kappa shape index (κ3) is 4.23. The zero-order chi connectivity index (χ0) is 20.2. The predicted molar refractivity (Wildman–Crippen MR) is 104 cm³/mol. The lowest BCUT2D eigenvalue weighted by molar-refractivity contribution is -0.122. The molecule has 4 rings (SSSR count). The minimum absolute atomic E-state index is 0.00538. The summed E-state index contributed by atoms with van der Waals surface area (Å²) in [5.74, 6) is 0.00407. The van der Waals surface area contributed by atoms with Gasteiger partial charge >= 0.3 is 5.76 Å². The van der Waals surface area contributed by atoms with Crippen LogP contribution < -0.4 is 20.5 Å². The molecule has 3 aromatic rings. The molecule has 2 aromatic heterocycles. The summed E-state index contributed by atoms with van der Waals surface area (Å²) in [5.41, 5.74) is 1.09. The van der Waals surface area contributed by atoms with Crippen LogP contribution in [-0.4, -0.2) is 39.7 Å². The number of amides is 1. The van der Waals surface area contributed by atoms with E-state index in [2.05, 4.69) is 15.3 Å². The van der Waals surface area contributed by atoms with E-state index < -0.39 is 5.76 Å². The van der Waals surface area contributed by atoms with Gasteiger partial charge in [0.1, 0.15) is 12.6 Å². The van der Waals surface area contributed by atoms with Gasteiger partial charge in [-0.15, -0.1) is 0 Å². The van der Waals surface area contributed by atoms with E-state index in [1.165, 1.54) is 11.7 Å². The highest BCUT2D eigenvalue weighted by Crippen LogP contribution is 2.27. The molecule has 1 aliphatic rings. The van der Waals surface area contributed by atoms with Gasteiger partial charge in [-0.3, -0.25) is 9.36 Å². The summed E-state index contributed by atoms with van der Waals surface area (Å²) >= 11 is 0. The Bertz CT molecular complexity index is 1050. The number of hydrogen-bond acceptors (Lipinski definition) is 7. The van der Waals surface area contributed by atoms with E-state index in [9.17, 15) is 9.59 Å². The number of carbonyl (C=O) groups is 1. The van der Waals surface area contributed by atoms with Gasteiger partial charge in [0.25, 0.3) is 11.8 Å². The van der Waals surface area contributed by atoms with Gasteiger partial charge in [0.2, 0.25) is 5.91 Å². The Morgan fingerprint density at radius 3 is 2.66 bits per heavy atom. The lowest BCUT2D eigenvalue weighted by Crippen LogP contribution is -2.41. The zero-order valence-corrected chi connectivity index (χ0v) is 16.0. The summed E-state index contributed by atoms with van der Waals surface area (Å²) in [5, 5.41) is 3.01. The van der Waals surface area contributed by atoms with E-state index in [1.54, 1.807) is 36.7 Å². The van der Waals surface area contributed by atoms with Crippen LogP contribution >= 0.6 is 0 Å². The van der Waals surface area contributed by atoms with Crippen LogP contribution in [0.2, 0.25) is 0 Å². The first-order valence-electron chi connectivity index (χ1n) is 9.53. The molecule has 0 bridgehead atoms. The van der Waals surface area contributed by atoms with E-state index in [-0.39, 0.29) is 24.6 Å². The number of aromatic nitrogens is 3. The second-order valence-corrected chi connectivity index (χ2v) is 6.95. The molecule has 9 heteroatoms. The summed E-state index contributed by atoms with van der Waals surface area (Å²) in [7, 11) is 1.53. The standard InChI is InChI=1S/C20H22N4O5/c1-27-18-19(22-11-10-21-18)28-14-8-6-13(7-9-14)23-17(25)12-24-15-4-2-3-5-16(15)29-20(24)26/h2-5,10-11,13-14H,6-9,12H2,1H3,(H,23,25). The Hall–Kier alpha value is -3.36. The SMILES string of the molecule is COc1nccnc1OC1CCC(NC(=O)Cn2c(=O)oc3ccccc32)CC1. The van der Waals surface area contributed by atoms with Crippen LogP contribution in [-0.2, 0) is 11.3 Å². The van der Waals surface area contributed by atoms with E-state index >= 15 is 0 Å². The molecule has 0 saturated heterocycles. The maximum absolute atomic E-state index is 12.5. The quantitative estimate of drug-likeness (QED) is 0.675. The number of para-hydroxylation sites is 2. The highest BCUT2D eigenvalue weighted by atomic mass is 16.5. The molecule has 1 aliphatic carbocycles. The van der Waals surface area contributed by atoms with Crippen LogP contribution in [0.1, 0.15) is 25.7 Å². The van der Waals surface area contributed by atoms with Gasteiger partial charge < -0.3 is 19.2 Å². The molecule has 0 unspecified atom stereocenters. The summed E-state index contributed by atoms with van der Waals surface area (Å²) < 4.78 is 17.6. The van der Waals surface area contributed by atoms with E-state index in [4.69, 9.17) is 13.9 Å². The van der Waals surface area contributed by atoms with Crippen molar-refractivity contribution < 1.29 is 18.7 Å². The fourth-order valence-electron chi connectivity index (χ4n) is 3.60. The van der Waals surface area contributed by atoms with Crippen LogP contribution in [0.25, 0.3) is 11.1 Å². The molecule has 0 radical (unpaired) electrons. The maximum atomic E-state index is 12.5. The summed E-state index contributed by atoms with van der Waals surface area (Å²) in [4.78, 5) is 32.7. The van der Waals surface area contributed by atoms with Gasteiger partial charge in [-0.25, -0.2) is 14.8 Å². The topological polar surface area (TPSA) is 108 Å². The highest BCUT2D eigenvalue weighted by Gasteiger charge is 2.25. The largest absolute Gasteiger partial charge is 0.477 e. The van der Waals surface area contributed by atoms with E-state index in [0.717, 1.165) is 25.7 Å². The lowest BCUT2D eigenvalue weighted by Gasteiger charge is -2.29. The van der Waals surface area contributed by atoms with Crippen LogP contribution in [0.4, 0.5) is 0 Å². The van der Waals surface area contributed by atoms with Crippen molar-refractivity contribution in [1.29, 1.82) is 0 Å². The van der Waals surface area contributed by atoms with Crippen LogP contribution in [0.15, 0.2) is 45.9 Å². The van der Waals surface area contributed by atoms with Gasteiger partial charge in [-0.1, -0.05) is 12.1 Å². The average Bonchev–Trinajstić information content (AvgIpc) is 3.05. The van der Waals surface area contributed by atoms with Crippen molar-refractivity contribution in [3.63, 3.8) is 0 Å². The summed E-state index contributed by atoms with van der Waals surface area (Å²) in [6, 6.07) is 7.10. The number of rotatable bonds is 6. The number of nitrogens with zero attached hydrogens (tertiary/aromatic N) is 3. The Kier molecular flexibility index (Phi) is 5.46. The molecular formula is C20H22N4O5. The Labute approximate surface area is 166 Å². The molecule has 1 saturated carbocycles. The fraction of sp³-hybridized carbons (Fsp3) is 0.400. The fourth-order valence-corrected chi connectivity index (χ4v) is 3.60. The first kappa shape index (κ1) is 19.0. The zero-order valence-electron chi connectivity index (χ0n) is 16.0. The number of fused-ring (bicyclic) bond motifs is 1. The molecule has 1 amide bonds. The number of nitrogens with one attached hydrogen (secondary N) is 1. The summed E-state index contributed by atoms with van der Waals surface area (Å²) in [6.45, 7) is -0.0664. The van der Waals surface area contributed by atoms with Crippen LogP contribution in [0.5, 0.6) is 11.8 Å². The molecule has 1 aromatic carbocycles. The Morgan fingerprint density at radius 1 is 1.17 bits per heavy atom. The third-order valence-electron chi connectivity index (χ3n) is 5.02. The molecule has 9 nitrogen and oxygen atoms in total. The van der Waals surface area contributed by atoms with Gasteiger partial charge in [-0.2, -0.15) is 0 Å². The van der Waals surface area contributed by atoms with Gasteiger partial charge in [-0.05, 0) is 37.8 Å². The minimum atomic E-state index is -0.531. The van der Waals surface area contributed by atoms with Crippen molar-refractivity contribution in [3.05, 3.63) is 47.2 Å². The minimum Gasteiger partial charge on any atom is -0.477 e. The molecule has 152 valence electrons. The van der Waals surface area contributed by atoms with Gasteiger partial charge in [0.15, 0.2) is 5.58 Å². The molecule has 0 spiro atoms. The number of carbonyl (C=O) groups excluding carboxylic acids is 1. The van der Waals surface area contributed by atoms with Crippen molar-refractivity contribution in [1.82, 2.24) is 19.9 Å². The van der Waals surface area contributed by atoms with E-state index in [1.807, 2.05) is 0 Å². The first-order valence-corrected chi connectivity index (χ1v) is 9.53. The second kappa shape index (κ2) is 8.34. The lowest BCUT2D eigenvalue weighted by atomic mass is 9.93. The number of methoxy groups -OCH3 is 1.